The van der Waals surface area contributed by atoms with Crippen molar-refractivity contribution in [3.05, 3.63) is 47.1 Å². The van der Waals surface area contributed by atoms with Crippen molar-refractivity contribution in [3.8, 4) is 16.4 Å². The Morgan fingerprint density at radius 2 is 2.10 bits per heavy atom. The maximum Gasteiger partial charge on any atom is 0.212 e. The van der Waals surface area contributed by atoms with E-state index in [2.05, 4.69) is 15.3 Å². The van der Waals surface area contributed by atoms with Crippen molar-refractivity contribution in [1.29, 1.82) is 0 Å². The molecule has 0 saturated heterocycles. The molecule has 0 aliphatic heterocycles. The summed E-state index contributed by atoms with van der Waals surface area (Å²) < 4.78 is 6.76. The van der Waals surface area contributed by atoms with Gasteiger partial charge in [-0.2, -0.15) is 4.68 Å². The summed E-state index contributed by atoms with van der Waals surface area (Å²) in [6.45, 7) is 0.152. The highest BCUT2D eigenvalue weighted by atomic mass is 32.1. The molecule has 0 fully saturated rings. The van der Waals surface area contributed by atoms with Crippen LogP contribution < -0.4 is 0 Å². The molecule has 1 N–H and O–H groups in total. The fourth-order valence-corrected chi connectivity index (χ4v) is 2.80. The lowest BCUT2D eigenvalue weighted by Gasteiger charge is -2.03. The van der Waals surface area contributed by atoms with E-state index in [-0.39, 0.29) is 6.61 Å². The third-order valence-corrected chi connectivity index (χ3v) is 3.83. The van der Waals surface area contributed by atoms with E-state index in [0.29, 0.717) is 23.1 Å². The second-order valence-corrected chi connectivity index (χ2v) is 5.20. The molecule has 0 spiro atoms. The highest BCUT2D eigenvalue weighted by Gasteiger charge is 2.16. The van der Waals surface area contributed by atoms with E-state index in [1.807, 2.05) is 35.7 Å². The molecule has 0 aliphatic carbocycles. The number of rotatable bonds is 5. The highest BCUT2D eigenvalue weighted by molar-refractivity contribution is 7.12. The molecule has 1 aromatic carbocycles. The van der Waals surface area contributed by atoms with Crippen LogP contribution in [0.2, 0.25) is 0 Å². The van der Waals surface area contributed by atoms with Crippen molar-refractivity contribution in [2.75, 3.05) is 7.11 Å². The van der Waals surface area contributed by atoms with E-state index < -0.39 is 0 Å². The molecule has 2 aromatic heterocycles. The average Bonchev–Trinajstić information content (AvgIpc) is 3.15. The van der Waals surface area contributed by atoms with Crippen LogP contribution in [0.3, 0.4) is 0 Å². The molecular formula is C14H14N4O2S. The normalized spacial score (nSPS) is 11.0. The molecule has 3 aromatic rings. The topological polar surface area (TPSA) is 73.1 Å². The molecule has 3 rings (SSSR count). The van der Waals surface area contributed by atoms with Crippen LogP contribution in [0.5, 0.6) is 0 Å². The number of aromatic nitrogens is 4. The van der Waals surface area contributed by atoms with Crippen LogP contribution in [0.1, 0.15) is 11.4 Å². The van der Waals surface area contributed by atoms with Crippen LogP contribution in [-0.2, 0) is 18.0 Å². The zero-order valence-electron chi connectivity index (χ0n) is 11.4. The van der Waals surface area contributed by atoms with Crippen LogP contribution in [0.4, 0.5) is 0 Å². The Morgan fingerprint density at radius 3 is 2.81 bits per heavy atom. The first-order valence-electron chi connectivity index (χ1n) is 6.38. The number of thiazole rings is 1. The molecule has 21 heavy (non-hydrogen) atoms. The van der Waals surface area contributed by atoms with Gasteiger partial charge in [0.2, 0.25) is 5.13 Å². The maximum atomic E-state index is 9.30. The first-order valence-corrected chi connectivity index (χ1v) is 7.26. The van der Waals surface area contributed by atoms with E-state index in [9.17, 15) is 5.11 Å². The monoisotopic (exact) mass is 302 g/mol. The fraction of sp³-hybridized carbons (Fsp3) is 0.214. The maximum absolute atomic E-state index is 9.30. The first-order chi connectivity index (χ1) is 10.3. The van der Waals surface area contributed by atoms with Gasteiger partial charge in [-0.1, -0.05) is 35.5 Å². The van der Waals surface area contributed by atoms with Gasteiger partial charge < -0.3 is 9.84 Å². The van der Waals surface area contributed by atoms with Gasteiger partial charge in [0.15, 0.2) is 0 Å². The molecular weight excluding hydrogens is 288 g/mol. The summed E-state index contributed by atoms with van der Waals surface area (Å²) in [5.41, 5.74) is 3.16. The molecule has 0 radical (unpaired) electrons. The molecule has 108 valence electrons. The van der Waals surface area contributed by atoms with Gasteiger partial charge in [0.1, 0.15) is 5.69 Å². The number of hydrogen-bond acceptors (Lipinski definition) is 6. The molecule has 7 heteroatoms. The van der Waals surface area contributed by atoms with E-state index >= 15 is 0 Å². The van der Waals surface area contributed by atoms with Crippen LogP contribution in [0.15, 0.2) is 35.7 Å². The summed E-state index contributed by atoms with van der Waals surface area (Å²) in [7, 11) is 1.59. The minimum atomic E-state index is -0.171. The third kappa shape index (κ3) is 2.71. The first kappa shape index (κ1) is 13.9. The molecule has 0 unspecified atom stereocenters. The number of aliphatic hydroxyl groups is 1. The van der Waals surface area contributed by atoms with Crippen molar-refractivity contribution in [3.63, 3.8) is 0 Å². The summed E-state index contributed by atoms with van der Waals surface area (Å²) in [4.78, 5) is 4.58. The number of methoxy groups -OCH3 is 1. The lowest BCUT2D eigenvalue weighted by molar-refractivity contribution is 0.175. The van der Waals surface area contributed by atoms with Gasteiger partial charge in [-0.25, -0.2) is 4.98 Å². The van der Waals surface area contributed by atoms with Crippen molar-refractivity contribution in [1.82, 2.24) is 20.0 Å². The van der Waals surface area contributed by atoms with Gasteiger partial charge in [-0.3, -0.25) is 0 Å². The Balaban J connectivity index is 1.99. The summed E-state index contributed by atoms with van der Waals surface area (Å²) in [6, 6.07) is 9.94. The quantitative estimate of drug-likeness (QED) is 0.780. The number of hydrogen-bond donors (Lipinski definition) is 1. The van der Waals surface area contributed by atoms with Crippen LogP contribution in [0, 0.1) is 0 Å². The van der Waals surface area contributed by atoms with Gasteiger partial charge in [0.25, 0.3) is 0 Å². The lowest BCUT2D eigenvalue weighted by atomic mass is 10.2. The Hall–Kier alpha value is -2.09. The third-order valence-electron chi connectivity index (χ3n) is 3.02. The number of aliphatic hydroxyl groups excluding tert-OH is 1. The zero-order valence-corrected chi connectivity index (χ0v) is 12.2. The van der Waals surface area contributed by atoms with E-state index in [1.165, 1.54) is 11.3 Å². The van der Waals surface area contributed by atoms with E-state index in [4.69, 9.17) is 4.74 Å². The summed E-state index contributed by atoms with van der Waals surface area (Å²) in [5, 5.41) is 20.0. The van der Waals surface area contributed by atoms with Crippen LogP contribution in [0.25, 0.3) is 16.4 Å². The molecule has 2 heterocycles. The van der Waals surface area contributed by atoms with Crippen molar-refractivity contribution in [2.45, 2.75) is 13.2 Å². The van der Waals surface area contributed by atoms with Gasteiger partial charge in [0.05, 0.1) is 24.6 Å². The second-order valence-electron chi connectivity index (χ2n) is 4.37. The smallest absolute Gasteiger partial charge is 0.212 e. The zero-order chi connectivity index (χ0) is 14.7. The Labute approximate surface area is 125 Å². The fourth-order valence-electron chi connectivity index (χ4n) is 1.99. The minimum Gasteiger partial charge on any atom is -0.390 e. The van der Waals surface area contributed by atoms with Gasteiger partial charge >= 0.3 is 0 Å². The molecule has 6 nitrogen and oxygen atoms in total. The van der Waals surface area contributed by atoms with Gasteiger partial charge in [-0.05, 0) is 0 Å². The van der Waals surface area contributed by atoms with E-state index in [1.54, 1.807) is 11.8 Å². The Kier molecular flexibility index (Phi) is 4.05. The van der Waals surface area contributed by atoms with Gasteiger partial charge in [-0.15, -0.1) is 16.4 Å². The number of nitrogens with zero attached hydrogens (tertiary/aromatic N) is 4. The Morgan fingerprint density at radius 1 is 1.29 bits per heavy atom. The number of benzene rings is 1. The largest absolute Gasteiger partial charge is 0.390 e. The van der Waals surface area contributed by atoms with Crippen molar-refractivity contribution >= 4 is 11.3 Å². The summed E-state index contributed by atoms with van der Waals surface area (Å²) in [6.07, 6.45) is 0. The number of ether oxygens (including phenoxy) is 1. The SMILES string of the molecule is COCc1c(CO)nnn1-c1nc(-c2ccccc2)cs1. The predicted octanol–water partition coefficient (Wildman–Crippen LogP) is 2.03. The molecule has 0 atom stereocenters. The standard InChI is InChI=1S/C14H14N4O2S/c1-20-8-13-11(7-19)16-17-18(13)14-15-12(9-21-14)10-5-3-2-4-6-10/h2-6,9,19H,7-8H2,1H3. The predicted molar refractivity (Wildman–Crippen MR) is 79.1 cm³/mol. The van der Waals surface area contributed by atoms with Gasteiger partial charge in [0, 0.05) is 18.1 Å². The van der Waals surface area contributed by atoms with Crippen molar-refractivity contribution < 1.29 is 9.84 Å². The molecule has 0 amide bonds. The molecule has 0 aliphatic rings. The average molecular weight is 302 g/mol. The van der Waals surface area contributed by atoms with E-state index in [0.717, 1.165) is 11.3 Å². The lowest BCUT2D eigenvalue weighted by Crippen LogP contribution is -2.04. The van der Waals surface area contributed by atoms with Crippen LogP contribution >= 0.6 is 11.3 Å². The Bertz CT molecular complexity index is 724. The van der Waals surface area contributed by atoms with Crippen molar-refractivity contribution in [2.24, 2.45) is 0 Å². The second kappa shape index (κ2) is 6.13. The molecule has 0 saturated carbocycles. The minimum absolute atomic E-state index is 0.171. The summed E-state index contributed by atoms with van der Waals surface area (Å²) >= 11 is 1.47. The highest BCUT2D eigenvalue weighted by Crippen LogP contribution is 2.25. The van der Waals surface area contributed by atoms with Crippen LogP contribution in [-0.4, -0.2) is 32.2 Å². The molecule has 0 bridgehead atoms. The summed E-state index contributed by atoms with van der Waals surface area (Å²) in [5.74, 6) is 0.